The number of oxazole rings is 1. The molecule has 1 fully saturated rings. The van der Waals surface area contributed by atoms with Gasteiger partial charge in [-0.1, -0.05) is 0 Å². The number of amides is 2. The molecule has 3 rings (SSSR count). The van der Waals surface area contributed by atoms with Crippen LogP contribution in [0, 0.1) is 12.8 Å². The average Bonchev–Trinajstić information content (AvgIpc) is 3.15. The third-order valence-electron chi connectivity index (χ3n) is 4.40. The summed E-state index contributed by atoms with van der Waals surface area (Å²) in [5, 5.41) is 6.90. The van der Waals surface area contributed by atoms with Crippen LogP contribution in [0.15, 0.2) is 22.9 Å². The van der Waals surface area contributed by atoms with Crippen molar-refractivity contribution < 1.29 is 14.0 Å². The number of rotatable bonds is 4. The van der Waals surface area contributed by atoms with E-state index in [1.807, 2.05) is 20.0 Å². The number of hydrogen-bond donors (Lipinski definition) is 1. The molecular formula is C16H21N5O3. The maximum atomic E-state index is 12.8. The van der Waals surface area contributed by atoms with Crippen LogP contribution in [0.25, 0.3) is 0 Å². The average molecular weight is 331 g/mol. The minimum absolute atomic E-state index is 0.0553. The lowest BCUT2D eigenvalue weighted by molar-refractivity contribution is -0.142. The van der Waals surface area contributed by atoms with Gasteiger partial charge in [0.05, 0.1) is 23.9 Å². The first kappa shape index (κ1) is 16.2. The van der Waals surface area contributed by atoms with E-state index < -0.39 is 0 Å². The second-order valence-electron chi connectivity index (χ2n) is 5.91. The SMILES string of the molecule is CCN1C(=O)CC[C@H](C(=O)Nc2ncc(C)o2)[C@H]1c1ccnn1C. The number of carbonyl (C=O) groups is 2. The molecule has 0 bridgehead atoms. The van der Waals surface area contributed by atoms with Crippen LogP contribution in [-0.2, 0) is 16.6 Å². The highest BCUT2D eigenvalue weighted by molar-refractivity contribution is 5.93. The van der Waals surface area contributed by atoms with E-state index in [0.29, 0.717) is 25.1 Å². The van der Waals surface area contributed by atoms with Gasteiger partial charge in [-0.05, 0) is 26.3 Å². The van der Waals surface area contributed by atoms with Crippen molar-refractivity contribution >= 4 is 17.8 Å². The lowest BCUT2D eigenvalue weighted by Gasteiger charge is -2.39. The van der Waals surface area contributed by atoms with Crippen LogP contribution in [0.4, 0.5) is 6.01 Å². The Bertz CT molecular complexity index is 750. The Morgan fingerprint density at radius 1 is 1.50 bits per heavy atom. The van der Waals surface area contributed by atoms with Crippen molar-refractivity contribution in [3.63, 3.8) is 0 Å². The molecule has 0 saturated carbocycles. The van der Waals surface area contributed by atoms with E-state index in [9.17, 15) is 9.59 Å². The Balaban J connectivity index is 1.90. The third-order valence-corrected chi connectivity index (χ3v) is 4.40. The lowest BCUT2D eigenvalue weighted by Crippen LogP contribution is -2.47. The largest absolute Gasteiger partial charge is 0.429 e. The van der Waals surface area contributed by atoms with Crippen molar-refractivity contribution in [2.75, 3.05) is 11.9 Å². The van der Waals surface area contributed by atoms with E-state index in [1.54, 1.807) is 28.9 Å². The smallest absolute Gasteiger partial charge is 0.301 e. The first-order valence-electron chi connectivity index (χ1n) is 8.02. The summed E-state index contributed by atoms with van der Waals surface area (Å²) < 4.78 is 7.04. The first-order chi connectivity index (χ1) is 11.5. The van der Waals surface area contributed by atoms with Gasteiger partial charge in [-0.2, -0.15) is 5.10 Å². The summed E-state index contributed by atoms with van der Waals surface area (Å²) in [4.78, 5) is 30.8. The Hall–Kier alpha value is -2.64. The molecule has 2 aromatic rings. The van der Waals surface area contributed by atoms with E-state index in [2.05, 4.69) is 15.4 Å². The van der Waals surface area contributed by atoms with Gasteiger partial charge < -0.3 is 9.32 Å². The first-order valence-corrected chi connectivity index (χ1v) is 8.02. The van der Waals surface area contributed by atoms with Crippen LogP contribution in [0.3, 0.4) is 0 Å². The molecule has 2 atom stereocenters. The predicted octanol–water partition coefficient (Wildman–Crippen LogP) is 1.65. The number of nitrogens with zero attached hydrogens (tertiary/aromatic N) is 4. The number of anilines is 1. The Kier molecular flexibility index (Phi) is 4.37. The highest BCUT2D eigenvalue weighted by Crippen LogP contribution is 2.37. The molecule has 0 radical (unpaired) electrons. The zero-order valence-corrected chi connectivity index (χ0v) is 14.0. The second kappa shape index (κ2) is 6.46. The zero-order valence-electron chi connectivity index (χ0n) is 14.0. The molecule has 8 heteroatoms. The van der Waals surface area contributed by atoms with Gasteiger partial charge in [0, 0.05) is 26.2 Å². The van der Waals surface area contributed by atoms with E-state index >= 15 is 0 Å². The predicted molar refractivity (Wildman–Crippen MR) is 85.9 cm³/mol. The summed E-state index contributed by atoms with van der Waals surface area (Å²) >= 11 is 0. The molecule has 0 unspecified atom stereocenters. The summed E-state index contributed by atoms with van der Waals surface area (Å²) in [7, 11) is 1.81. The molecule has 128 valence electrons. The highest BCUT2D eigenvalue weighted by Gasteiger charge is 2.41. The van der Waals surface area contributed by atoms with Crippen LogP contribution < -0.4 is 5.32 Å². The van der Waals surface area contributed by atoms with Gasteiger partial charge in [0.15, 0.2) is 0 Å². The second-order valence-corrected chi connectivity index (χ2v) is 5.91. The summed E-state index contributed by atoms with van der Waals surface area (Å²) in [5.41, 5.74) is 0.841. The van der Waals surface area contributed by atoms with Gasteiger partial charge in [-0.3, -0.25) is 19.6 Å². The van der Waals surface area contributed by atoms with Crippen molar-refractivity contribution in [3.05, 3.63) is 29.9 Å². The molecule has 2 amide bonds. The maximum absolute atomic E-state index is 12.8. The van der Waals surface area contributed by atoms with Gasteiger partial charge in [0.2, 0.25) is 11.8 Å². The standard InChI is InChI=1S/C16H21N5O3/c1-4-21-13(22)6-5-11(14(21)12-7-8-18-20(12)3)15(23)19-16-17-9-10(2)24-16/h7-9,11,14H,4-6H2,1-3H3,(H,17,19,23)/t11-,14-/m0/s1. The van der Waals surface area contributed by atoms with Gasteiger partial charge in [0.1, 0.15) is 5.76 Å². The molecule has 1 aliphatic heterocycles. The Labute approximate surface area is 139 Å². The number of piperidine rings is 1. The summed E-state index contributed by atoms with van der Waals surface area (Å²) in [5.74, 6) is 0.0986. The summed E-state index contributed by atoms with van der Waals surface area (Å²) in [6, 6.07) is 1.68. The van der Waals surface area contributed by atoms with Gasteiger partial charge in [-0.25, -0.2) is 4.98 Å². The number of aryl methyl sites for hydroxylation is 2. The zero-order chi connectivity index (χ0) is 17.3. The number of likely N-dealkylation sites (tertiary alicyclic amines) is 1. The van der Waals surface area contributed by atoms with Crippen LogP contribution in [0.2, 0.25) is 0 Å². The minimum Gasteiger partial charge on any atom is -0.429 e. The van der Waals surface area contributed by atoms with Crippen LogP contribution in [0.1, 0.15) is 37.3 Å². The molecule has 0 aromatic carbocycles. The molecule has 1 aliphatic rings. The lowest BCUT2D eigenvalue weighted by atomic mass is 9.85. The normalized spacial score (nSPS) is 21.1. The molecule has 24 heavy (non-hydrogen) atoms. The Morgan fingerprint density at radius 3 is 2.88 bits per heavy atom. The van der Waals surface area contributed by atoms with E-state index in [0.717, 1.165) is 5.69 Å². The molecule has 0 spiro atoms. The fourth-order valence-electron chi connectivity index (χ4n) is 3.25. The van der Waals surface area contributed by atoms with Crippen LogP contribution in [0.5, 0.6) is 0 Å². The number of carbonyl (C=O) groups excluding carboxylic acids is 2. The van der Waals surface area contributed by atoms with Gasteiger partial charge >= 0.3 is 6.01 Å². The minimum atomic E-state index is -0.384. The number of hydrogen-bond acceptors (Lipinski definition) is 5. The molecule has 1 N–H and O–H groups in total. The fourth-order valence-corrected chi connectivity index (χ4v) is 3.25. The van der Waals surface area contributed by atoms with E-state index in [4.69, 9.17) is 4.42 Å². The van der Waals surface area contributed by atoms with Crippen LogP contribution in [-0.4, -0.2) is 38.0 Å². The molecule has 0 aliphatic carbocycles. The van der Waals surface area contributed by atoms with Gasteiger partial charge in [-0.15, -0.1) is 0 Å². The molecular weight excluding hydrogens is 310 g/mol. The topological polar surface area (TPSA) is 93.3 Å². The molecule has 2 aromatic heterocycles. The van der Waals surface area contributed by atoms with Gasteiger partial charge in [0.25, 0.3) is 0 Å². The quantitative estimate of drug-likeness (QED) is 0.919. The van der Waals surface area contributed by atoms with E-state index in [-0.39, 0.29) is 29.8 Å². The third kappa shape index (κ3) is 2.91. The van der Waals surface area contributed by atoms with Crippen LogP contribution >= 0.6 is 0 Å². The molecule has 1 saturated heterocycles. The maximum Gasteiger partial charge on any atom is 0.301 e. The van der Waals surface area contributed by atoms with Crippen molar-refractivity contribution in [3.8, 4) is 0 Å². The summed E-state index contributed by atoms with van der Waals surface area (Å²) in [6.07, 6.45) is 4.06. The molecule has 3 heterocycles. The highest BCUT2D eigenvalue weighted by atomic mass is 16.4. The van der Waals surface area contributed by atoms with E-state index in [1.165, 1.54) is 0 Å². The van der Waals surface area contributed by atoms with Crippen molar-refractivity contribution in [1.82, 2.24) is 19.7 Å². The number of aromatic nitrogens is 3. The summed E-state index contributed by atoms with van der Waals surface area (Å²) in [6.45, 7) is 4.22. The Morgan fingerprint density at radius 2 is 2.29 bits per heavy atom. The number of nitrogens with one attached hydrogen (secondary N) is 1. The van der Waals surface area contributed by atoms with Crippen molar-refractivity contribution in [1.29, 1.82) is 0 Å². The van der Waals surface area contributed by atoms with Crippen molar-refractivity contribution in [2.24, 2.45) is 13.0 Å². The molecule has 8 nitrogen and oxygen atoms in total. The fraction of sp³-hybridized carbons (Fsp3) is 0.500. The monoisotopic (exact) mass is 331 g/mol. The van der Waals surface area contributed by atoms with Crippen molar-refractivity contribution in [2.45, 2.75) is 32.7 Å².